The van der Waals surface area contributed by atoms with Crippen LogP contribution in [-0.4, -0.2) is 31.7 Å². The highest BCUT2D eigenvalue weighted by Crippen LogP contribution is 2.27. The zero-order valence-corrected chi connectivity index (χ0v) is 15.8. The van der Waals surface area contributed by atoms with E-state index >= 15 is 0 Å². The maximum absolute atomic E-state index is 11.8. The number of amides is 1. The van der Waals surface area contributed by atoms with Gasteiger partial charge in [-0.3, -0.25) is 4.79 Å². The molecule has 0 spiro atoms. The van der Waals surface area contributed by atoms with E-state index in [1.165, 1.54) is 0 Å². The van der Waals surface area contributed by atoms with Gasteiger partial charge in [0, 0.05) is 13.0 Å². The molecule has 0 atom stereocenters. The first-order valence-electron chi connectivity index (χ1n) is 8.72. The Kier molecular flexibility index (Phi) is 7.26. The summed E-state index contributed by atoms with van der Waals surface area (Å²) in [5.41, 5.74) is 1.86. The molecule has 26 heavy (non-hydrogen) atoms. The van der Waals surface area contributed by atoms with E-state index < -0.39 is 0 Å². The number of aromatic nitrogens is 1. The topological polar surface area (TPSA) is 72.5 Å². The van der Waals surface area contributed by atoms with Gasteiger partial charge in [-0.05, 0) is 42.2 Å². The summed E-state index contributed by atoms with van der Waals surface area (Å²) < 4.78 is 10.6. The Morgan fingerprint density at radius 3 is 2.50 bits per heavy atom. The first kappa shape index (κ1) is 19.6. The molecule has 0 fully saturated rings. The monoisotopic (exact) mass is 357 g/mol. The second-order valence-electron chi connectivity index (χ2n) is 6.44. The Bertz CT molecular complexity index is 715. The lowest BCUT2D eigenvalue weighted by atomic mass is 10.1. The molecule has 2 rings (SSSR count). The van der Waals surface area contributed by atoms with Crippen LogP contribution in [0.25, 0.3) is 0 Å². The van der Waals surface area contributed by atoms with Gasteiger partial charge < -0.3 is 20.1 Å². The summed E-state index contributed by atoms with van der Waals surface area (Å²) in [4.78, 5) is 16.1. The van der Waals surface area contributed by atoms with E-state index in [0.29, 0.717) is 18.0 Å². The van der Waals surface area contributed by atoms with Crippen LogP contribution in [0.15, 0.2) is 36.5 Å². The highest BCUT2D eigenvalue weighted by Gasteiger charge is 2.06. The lowest BCUT2D eigenvalue weighted by molar-refractivity contribution is -0.116. The van der Waals surface area contributed by atoms with E-state index in [0.717, 1.165) is 35.8 Å². The van der Waals surface area contributed by atoms with Crippen molar-refractivity contribution in [3.63, 3.8) is 0 Å². The minimum atomic E-state index is 0.0102. The van der Waals surface area contributed by atoms with Gasteiger partial charge in [0.2, 0.25) is 5.91 Å². The number of ether oxygens (including phenoxy) is 2. The van der Waals surface area contributed by atoms with Gasteiger partial charge in [0.15, 0.2) is 11.5 Å². The number of nitrogens with one attached hydrogen (secondary N) is 2. The fraction of sp³-hybridized carbons (Fsp3) is 0.400. The normalized spacial score (nSPS) is 10.5. The predicted molar refractivity (Wildman–Crippen MR) is 104 cm³/mol. The molecule has 1 heterocycles. The quantitative estimate of drug-likeness (QED) is 0.715. The third-order valence-electron chi connectivity index (χ3n) is 3.81. The zero-order valence-electron chi connectivity index (χ0n) is 15.8. The average Bonchev–Trinajstić information content (AvgIpc) is 2.62. The van der Waals surface area contributed by atoms with Crippen LogP contribution < -0.4 is 20.1 Å². The number of carbonyl (C=O) groups is 1. The first-order chi connectivity index (χ1) is 12.5. The Morgan fingerprint density at radius 2 is 1.88 bits per heavy atom. The Morgan fingerprint density at radius 1 is 1.12 bits per heavy atom. The molecule has 0 aliphatic rings. The van der Waals surface area contributed by atoms with Gasteiger partial charge >= 0.3 is 0 Å². The van der Waals surface area contributed by atoms with Gasteiger partial charge in [0.25, 0.3) is 0 Å². The number of pyridine rings is 1. The highest BCUT2D eigenvalue weighted by atomic mass is 16.5. The number of rotatable bonds is 9. The van der Waals surface area contributed by atoms with Gasteiger partial charge in [-0.1, -0.05) is 19.9 Å². The van der Waals surface area contributed by atoms with Crippen LogP contribution >= 0.6 is 0 Å². The molecule has 2 aromatic rings. The van der Waals surface area contributed by atoms with Crippen LogP contribution in [0.3, 0.4) is 0 Å². The third-order valence-corrected chi connectivity index (χ3v) is 3.81. The molecule has 0 unspecified atom stereocenters. The predicted octanol–water partition coefficient (Wildman–Crippen LogP) is 3.74. The molecule has 0 radical (unpaired) electrons. The molecule has 0 aliphatic carbocycles. The lowest BCUT2D eigenvalue weighted by Crippen LogP contribution is -2.14. The maximum Gasteiger partial charge on any atom is 0.224 e. The molecule has 6 nitrogen and oxygen atoms in total. The number of anilines is 2. The van der Waals surface area contributed by atoms with Crippen LogP contribution in [0.2, 0.25) is 0 Å². The number of carbonyl (C=O) groups excluding carboxylic acids is 1. The van der Waals surface area contributed by atoms with Crippen molar-refractivity contribution in [2.24, 2.45) is 5.92 Å². The fourth-order valence-electron chi connectivity index (χ4n) is 2.53. The molecule has 1 aromatic heterocycles. The zero-order chi connectivity index (χ0) is 18.9. The van der Waals surface area contributed by atoms with Crippen molar-refractivity contribution < 1.29 is 14.3 Å². The lowest BCUT2D eigenvalue weighted by Gasteiger charge is -2.11. The smallest absolute Gasteiger partial charge is 0.224 e. The average molecular weight is 357 g/mol. The highest BCUT2D eigenvalue weighted by molar-refractivity contribution is 5.90. The SMILES string of the molecule is COc1ccc(CCNc2ccc(NC(=O)CC(C)C)cn2)cc1OC. The Labute approximate surface area is 154 Å². The third kappa shape index (κ3) is 5.95. The van der Waals surface area contributed by atoms with Gasteiger partial charge in [-0.25, -0.2) is 4.98 Å². The van der Waals surface area contributed by atoms with E-state index in [1.807, 2.05) is 44.2 Å². The fourth-order valence-corrected chi connectivity index (χ4v) is 2.53. The largest absolute Gasteiger partial charge is 0.493 e. The van der Waals surface area contributed by atoms with Gasteiger partial charge in [-0.2, -0.15) is 0 Å². The van der Waals surface area contributed by atoms with Gasteiger partial charge in [0.05, 0.1) is 26.1 Å². The first-order valence-corrected chi connectivity index (χ1v) is 8.72. The second-order valence-corrected chi connectivity index (χ2v) is 6.44. The van der Waals surface area contributed by atoms with Crippen LogP contribution in [0.4, 0.5) is 11.5 Å². The maximum atomic E-state index is 11.8. The van der Waals surface area contributed by atoms with Crippen molar-refractivity contribution in [3.8, 4) is 11.5 Å². The van der Waals surface area contributed by atoms with Crippen LogP contribution in [0.5, 0.6) is 11.5 Å². The summed E-state index contributed by atoms with van der Waals surface area (Å²) in [6.07, 6.45) is 3.00. The van der Waals surface area contributed by atoms with E-state index in [4.69, 9.17) is 9.47 Å². The number of hydrogen-bond donors (Lipinski definition) is 2. The Balaban J connectivity index is 1.83. The molecule has 0 bridgehead atoms. The van der Waals surface area contributed by atoms with Crippen molar-refractivity contribution in [2.75, 3.05) is 31.4 Å². The van der Waals surface area contributed by atoms with Crippen LogP contribution in [-0.2, 0) is 11.2 Å². The van der Waals surface area contributed by atoms with Crippen molar-refractivity contribution in [2.45, 2.75) is 26.7 Å². The summed E-state index contributed by atoms with van der Waals surface area (Å²) in [7, 11) is 3.25. The second kappa shape index (κ2) is 9.65. The molecular weight excluding hydrogens is 330 g/mol. The summed E-state index contributed by atoms with van der Waals surface area (Å²) in [6.45, 7) is 4.77. The van der Waals surface area contributed by atoms with E-state index in [2.05, 4.69) is 15.6 Å². The molecule has 0 saturated carbocycles. The van der Waals surface area contributed by atoms with Crippen molar-refractivity contribution in [1.29, 1.82) is 0 Å². The molecule has 2 N–H and O–H groups in total. The summed E-state index contributed by atoms with van der Waals surface area (Å²) in [5, 5.41) is 6.13. The minimum absolute atomic E-state index is 0.0102. The number of hydrogen-bond acceptors (Lipinski definition) is 5. The van der Waals surface area contributed by atoms with Crippen LogP contribution in [0.1, 0.15) is 25.8 Å². The number of benzene rings is 1. The summed E-state index contributed by atoms with van der Waals surface area (Å²) in [6, 6.07) is 9.61. The minimum Gasteiger partial charge on any atom is -0.493 e. The van der Waals surface area contributed by atoms with E-state index in [1.54, 1.807) is 20.4 Å². The van der Waals surface area contributed by atoms with Crippen molar-refractivity contribution >= 4 is 17.4 Å². The van der Waals surface area contributed by atoms with Crippen molar-refractivity contribution in [3.05, 3.63) is 42.1 Å². The molecule has 0 saturated heterocycles. The number of methoxy groups -OCH3 is 2. The van der Waals surface area contributed by atoms with E-state index in [-0.39, 0.29) is 5.91 Å². The summed E-state index contributed by atoms with van der Waals surface area (Å²) >= 11 is 0. The van der Waals surface area contributed by atoms with Crippen LogP contribution in [0, 0.1) is 5.92 Å². The molecular formula is C20H27N3O3. The van der Waals surface area contributed by atoms with Gasteiger partial charge in [-0.15, -0.1) is 0 Å². The standard InChI is InChI=1S/C20H27N3O3/c1-14(2)11-20(24)23-16-6-8-19(22-13-16)21-10-9-15-5-7-17(25-3)18(12-15)26-4/h5-8,12-14H,9-11H2,1-4H3,(H,21,22)(H,23,24). The molecule has 1 amide bonds. The van der Waals surface area contributed by atoms with Crippen molar-refractivity contribution in [1.82, 2.24) is 4.98 Å². The molecule has 140 valence electrons. The van der Waals surface area contributed by atoms with E-state index in [9.17, 15) is 4.79 Å². The molecule has 6 heteroatoms. The Hall–Kier alpha value is -2.76. The molecule has 1 aromatic carbocycles. The number of nitrogens with zero attached hydrogens (tertiary/aromatic N) is 1. The summed E-state index contributed by atoms with van der Waals surface area (Å²) in [5.74, 6) is 2.56. The molecule has 0 aliphatic heterocycles. The van der Waals surface area contributed by atoms with Gasteiger partial charge in [0.1, 0.15) is 5.82 Å².